The Labute approximate surface area is 153 Å². The Kier molecular flexibility index (Phi) is 4.73. The van der Waals surface area contributed by atoms with Crippen LogP contribution in [0.15, 0.2) is 53.6 Å². The predicted molar refractivity (Wildman–Crippen MR) is 102 cm³/mol. The fraction of sp³-hybridized carbons (Fsp3) is 0.211. The van der Waals surface area contributed by atoms with E-state index >= 15 is 0 Å². The molecule has 0 spiro atoms. The third kappa shape index (κ3) is 3.30. The van der Waals surface area contributed by atoms with Crippen LogP contribution in [0.4, 0.5) is 5.69 Å². The normalized spacial score (nSPS) is 11.4. The van der Waals surface area contributed by atoms with Crippen LogP contribution in [0, 0.1) is 20.8 Å². The van der Waals surface area contributed by atoms with Crippen LogP contribution in [0.2, 0.25) is 0 Å². The average Bonchev–Trinajstić information content (AvgIpc) is 2.97. The van der Waals surface area contributed by atoms with Gasteiger partial charge < -0.3 is 4.74 Å². The minimum absolute atomic E-state index is 0.0846. The van der Waals surface area contributed by atoms with Crippen molar-refractivity contribution >= 4 is 15.7 Å². The number of nitrogens with zero attached hydrogens (tertiary/aromatic N) is 2. The lowest BCUT2D eigenvalue weighted by atomic mass is 10.1. The number of aryl methyl sites for hydroxylation is 2. The molecule has 3 rings (SSSR count). The quantitative estimate of drug-likeness (QED) is 0.744. The highest BCUT2D eigenvalue weighted by Crippen LogP contribution is 2.27. The molecule has 1 N–H and O–H groups in total. The molecular weight excluding hydrogens is 350 g/mol. The van der Waals surface area contributed by atoms with Crippen molar-refractivity contribution in [3.8, 4) is 11.4 Å². The molecule has 0 aliphatic carbocycles. The number of rotatable bonds is 5. The Bertz CT molecular complexity index is 1060. The van der Waals surface area contributed by atoms with Gasteiger partial charge in [-0.2, -0.15) is 5.10 Å². The molecular formula is C19H21N3O3S. The molecule has 0 unspecified atom stereocenters. The zero-order valence-electron chi connectivity index (χ0n) is 15.1. The van der Waals surface area contributed by atoms with Gasteiger partial charge in [-0.05, 0) is 50.1 Å². The van der Waals surface area contributed by atoms with Crippen LogP contribution in [0.5, 0.6) is 5.75 Å². The molecule has 0 radical (unpaired) electrons. The molecule has 0 fully saturated rings. The van der Waals surface area contributed by atoms with E-state index in [4.69, 9.17) is 4.74 Å². The maximum absolute atomic E-state index is 12.8. The highest BCUT2D eigenvalue weighted by molar-refractivity contribution is 7.92. The monoisotopic (exact) mass is 371 g/mol. The number of nitrogens with one attached hydrogen (secondary N) is 1. The van der Waals surface area contributed by atoms with E-state index in [9.17, 15) is 8.42 Å². The van der Waals surface area contributed by atoms with E-state index in [0.29, 0.717) is 17.1 Å². The number of ether oxygens (including phenoxy) is 1. The number of para-hydroxylation sites is 1. The van der Waals surface area contributed by atoms with E-state index in [-0.39, 0.29) is 4.90 Å². The number of anilines is 1. The lowest BCUT2D eigenvalue weighted by Gasteiger charge is -2.12. The van der Waals surface area contributed by atoms with Crippen LogP contribution < -0.4 is 9.46 Å². The number of benzene rings is 2. The number of methoxy groups -OCH3 is 1. The molecule has 0 aliphatic heterocycles. The SMILES string of the molecule is COc1ccccc1S(=O)(=O)Nc1cnn(-c2cc(C)ccc2C)c1C. The minimum Gasteiger partial charge on any atom is -0.495 e. The first-order chi connectivity index (χ1) is 12.3. The Morgan fingerprint density at radius 2 is 1.81 bits per heavy atom. The van der Waals surface area contributed by atoms with Crippen LogP contribution in [0.3, 0.4) is 0 Å². The number of sulfonamides is 1. The zero-order chi connectivity index (χ0) is 18.9. The first-order valence-electron chi connectivity index (χ1n) is 8.11. The van der Waals surface area contributed by atoms with E-state index in [1.54, 1.807) is 22.9 Å². The highest BCUT2D eigenvalue weighted by Gasteiger charge is 2.21. The lowest BCUT2D eigenvalue weighted by molar-refractivity contribution is 0.403. The van der Waals surface area contributed by atoms with Crippen molar-refractivity contribution in [2.24, 2.45) is 0 Å². The summed E-state index contributed by atoms with van der Waals surface area (Å²) in [5.74, 6) is 0.291. The van der Waals surface area contributed by atoms with Crippen molar-refractivity contribution in [2.45, 2.75) is 25.7 Å². The summed E-state index contributed by atoms with van der Waals surface area (Å²) in [5, 5.41) is 4.37. The molecule has 6 nitrogen and oxygen atoms in total. The molecule has 0 saturated carbocycles. The first-order valence-corrected chi connectivity index (χ1v) is 9.60. The van der Waals surface area contributed by atoms with Crippen LogP contribution >= 0.6 is 0 Å². The standard InChI is InChI=1S/C19H21N3O3S/c1-13-9-10-14(2)17(11-13)22-15(3)16(12-20-22)21-26(23,24)19-8-6-5-7-18(19)25-4/h5-12,21H,1-4H3. The van der Waals surface area contributed by atoms with E-state index in [2.05, 4.69) is 9.82 Å². The topological polar surface area (TPSA) is 73.2 Å². The van der Waals surface area contributed by atoms with E-state index in [1.165, 1.54) is 19.4 Å². The van der Waals surface area contributed by atoms with Gasteiger partial charge in [0.2, 0.25) is 0 Å². The van der Waals surface area contributed by atoms with Crippen molar-refractivity contribution in [1.29, 1.82) is 0 Å². The predicted octanol–water partition coefficient (Wildman–Crippen LogP) is 3.61. The van der Waals surface area contributed by atoms with Gasteiger partial charge in [-0.1, -0.05) is 24.3 Å². The highest BCUT2D eigenvalue weighted by atomic mass is 32.2. The third-order valence-electron chi connectivity index (χ3n) is 4.21. The fourth-order valence-corrected chi connectivity index (χ4v) is 4.01. The van der Waals surface area contributed by atoms with Gasteiger partial charge in [0.15, 0.2) is 0 Å². The Balaban J connectivity index is 2.00. The maximum atomic E-state index is 12.8. The van der Waals surface area contributed by atoms with E-state index in [0.717, 1.165) is 16.8 Å². The summed E-state index contributed by atoms with van der Waals surface area (Å²) in [5.41, 5.74) is 4.22. The van der Waals surface area contributed by atoms with Gasteiger partial charge in [0.25, 0.3) is 10.0 Å². The van der Waals surface area contributed by atoms with Crippen LogP contribution in [-0.2, 0) is 10.0 Å². The minimum atomic E-state index is -3.79. The van der Waals surface area contributed by atoms with E-state index < -0.39 is 10.0 Å². The molecule has 3 aromatic rings. The molecule has 2 aromatic carbocycles. The molecule has 0 atom stereocenters. The largest absolute Gasteiger partial charge is 0.495 e. The molecule has 0 saturated heterocycles. The Morgan fingerprint density at radius 1 is 1.08 bits per heavy atom. The number of hydrogen-bond donors (Lipinski definition) is 1. The molecule has 0 bridgehead atoms. The molecule has 1 heterocycles. The molecule has 7 heteroatoms. The van der Waals surface area contributed by atoms with Crippen LogP contribution in [-0.4, -0.2) is 25.3 Å². The van der Waals surface area contributed by atoms with Crippen molar-refractivity contribution in [2.75, 3.05) is 11.8 Å². The number of aromatic nitrogens is 2. The van der Waals surface area contributed by atoms with Gasteiger partial charge in [-0.3, -0.25) is 4.72 Å². The number of hydrogen-bond acceptors (Lipinski definition) is 4. The molecule has 1 aromatic heterocycles. The lowest BCUT2D eigenvalue weighted by Crippen LogP contribution is -2.14. The summed E-state index contributed by atoms with van der Waals surface area (Å²) in [7, 11) is -2.35. The summed E-state index contributed by atoms with van der Waals surface area (Å²) in [6, 6.07) is 12.6. The van der Waals surface area contributed by atoms with Crippen molar-refractivity contribution in [3.05, 3.63) is 65.5 Å². The van der Waals surface area contributed by atoms with E-state index in [1.807, 2.05) is 39.0 Å². The molecule has 0 aliphatic rings. The van der Waals surface area contributed by atoms with Gasteiger partial charge in [0.1, 0.15) is 10.6 Å². The van der Waals surface area contributed by atoms with Crippen LogP contribution in [0.25, 0.3) is 5.69 Å². The summed E-state index contributed by atoms with van der Waals surface area (Å²) in [6.07, 6.45) is 1.52. The molecule has 136 valence electrons. The molecule has 0 amide bonds. The zero-order valence-corrected chi connectivity index (χ0v) is 16.0. The smallest absolute Gasteiger partial charge is 0.265 e. The van der Waals surface area contributed by atoms with Gasteiger partial charge in [0, 0.05) is 0 Å². The summed E-state index contributed by atoms with van der Waals surface area (Å²) in [6.45, 7) is 5.83. The first kappa shape index (κ1) is 18.0. The Morgan fingerprint density at radius 3 is 2.54 bits per heavy atom. The van der Waals surface area contributed by atoms with Crippen molar-refractivity contribution in [3.63, 3.8) is 0 Å². The van der Waals surface area contributed by atoms with Gasteiger partial charge in [-0.15, -0.1) is 0 Å². The maximum Gasteiger partial charge on any atom is 0.265 e. The van der Waals surface area contributed by atoms with Gasteiger partial charge in [-0.25, -0.2) is 13.1 Å². The summed E-state index contributed by atoms with van der Waals surface area (Å²) in [4.78, 5) is 0.0846. The Hall–Kier alpha value is -2.80. The molecule has 26 heavy (non-hydrogen) atoms. The fourth-order valence-electron chi connectivity index (χ4n) is 2.74. The van der Waals surface area contributed by atoms with Crippen molar-refractivity contribution in [1.82, 2.24) is 9.78 Å². The second-order valence-electron chi connectivity index (χ2n) is 6.10. The summed E-state index contributed by atoms with van der Waals surface area (Å²) >= 11 is 0. The third-order valence-corrected chi connectivity index (χ3v) is 5.61. The second kappa shape index (κ2) is 6.84. The summed E-state index contributed by atoms with van der Waals surface area (Å²) < 4.78 is 35.1. The average molecular weight is 371 g/mol. The second-order valence-corrected chi connectivity index (χ2v) is 7.75. The van der Waals surface area contributed by atoms with Crippen LogP contribution in [0.1, 0.15) is 16.8 Å². The van der Waals surface area contributed by atoms with Gasteiger partial charge >= 0.3 is 0 Å². The van der Waals surface area contributed by atoms with Crippen molar-refractivity contribution < 1.29 is 13.2 Å². The van der Waals surface area contributed by atoms with Gasteiger partial charge in [0.05, 0.1) is 30.4 Å².